The third kappa shape index (κ3) is 4.42. The second-order valence-corrected chi connectivity index (χ2v) is 10.7. The zero-order valence-electron chi connectivity index (χ0n) is 7.04. The van der Waals surface area contributed by atoms with Crippen LogP contribution >= 0.6 is 38.9 Å². The maximum Gasteiger partial charge on any atom is 0.311 e. The van der Waals surface area contributed by atoms with Crippen LogP contribution in [0.3, 0.4) is 0 Å². The molecule has 0 radical (unpaired) electrons. The second-order valence-electron chi connectivity index (χ2n) is 2.50. The molecule has 0 aliphatic heterocycles. The first-order valence-corrected chi connectivity index (χ1v) is 8.73. The van der Waals surface area contributed by atoms with Crippen molar-refractivity contribution in [3.63, 3.8) is 0 Å². The van der Waals surface area contributed by atoms with Crippen molar-refractivity contribution in [2.75, 3.05) is 0 Å². The van der Waals surface area contributed by atoms with Crippen LogP contribution in [0.1, 0.15) is 12.5 Å². The lowest BCUT2D eigenvalue weighted by molar-refractivity contribution is 0.600. The highest BCUT2D eigenvalue weighted by molar-refractivity contribution is 8.72. The summed E-state index contributed by atoms with van der Waals surface area (Å²) in [6.45, 7) is 2.08. The van der Waals surface area contributed by atoms with Gasteiger partial charge in [0, 0.05) is 4.90 Å². The van der Waals surface area contributed by atoms with Gasteiger partial charge in [0.2, 0.25) is 0 Å². The van der Waals surface area contributed by atoms with Crippen LogP contribution in [0, 0.1) is 0 Å². The second kappa shape index (κ2) is 4.75. The van der Waals surface area contributed by atoms with Gasteiger partial charge in [0.05, 0.1) is 0 Å². The zero-order valence-corrected chi connectivity index (χ0v) is 10.3. The van der Waals surface area contributed by atoms with Gasteiger partial charge >= 0.3 is 5.05 Å². The van der Waals surface area contributed by atoms with E-state index in [-0.39, 0.29) is 0 Å². The van der Waals surface area contributed by atoms with E-state index in [1.54, 1.807) is 0 Å². The summed E-state index contributed by atoms with van der Waals surface area (Å²) in [6.07, 6.45) is 0.990. The van der Waals surface area contributed by atoms with E-state index in [4.69, 9.17) is 22.5 Å². The summed E-state index contributed by atoms with van der Waals surface area (Å²) in [4.78, 5) is 0.838. The number of hydrogen-bond donors (Lipinski definition) is 0. The first-order chi connectivity index (χ1) is 6.01. The molecule has 1 nitrogen and oxygen atoms in total. The van der Waals surface area contributed by atoms with E-state index in [9.17, 15) is 4.57 Å². The Morgan fingerprint density at radius 1 is 1.31 bits per heavy atom. The van der Waals surface area contributed by atoms with E-state index in [1.807, 2.05) is 24.3 Å². The molecule has 13 heavy (non-hydrogen) atoms. The highest BCUT2D eigenvalue weighted by atomic mass is 35.9. The zero-order chi connectivity index (χ0) is 9.90. The largest absolute Gasteiger partial charge is 0.311 e. The van der Waals surface area contributed by atoms with E-state index < -0.39 is 5.05 Å². The van der Waals surface area contributed by atoms with Gasteiger partial charge in [-0.25, -0.2) is 0 Å². The van der Waals surface area contributed by atoms with Crippen molar-refractivity contribution in [2.24, 2.45) is 0 Å². The highest BCUT2D eigenvalue weighted by Gasteiger charge is 2.15. The van der Waals surface area contributed by atoms with Gasteiger partial charge in [0.25, 0.3) is 0 Å². The molecule has 0 aromatic heterocycles. The van der Waals surface area contributed by atoms with Crippen molar-refractivity contribution >= 4 is 38.9 Å². The molecule has 1 aromatic carbocycles. The van der Waals surface area contributed by atoms with Gasteiger partial charge in [0.1, 0.15) is 0 Å². The molecule has 0 spiro atoms. The van der Waals surface area contributed by atoms with Crippen LogP contribution < -0.4 is 0 Å². The standard InChI is InChI=1S/C8H9Cl2OPS/c1-2-7-3-5-8(6-4-7)13-12(9,10)11/h3-6H,2H2,1H3. The normalized spacial score (nSPS) is 11.6. The van der Waals surface area contributed by atoms with Crippen molar-refractivity contribution in [1.82, 2.24) is 0 Å². The van der Waals surface area contributed by atoms with Crippen LogP contribution in [0.5, 0.6) is 0 Å². The number of hydrogen-bond acceptors (Lipinski definition) is 2. The first-order valence-electron chi connectivity index (χ1n) is 3.79. The van der Waals surface area contributed by atoms with Crippen LogP contribution in [0.2, 0.25) is 0 Å². The van der Waals surface area contributed by atoms with Crippen LogP contribution in [0.25, 0.3) is 0 Å². The van der Waals surface area contributed by atoms with E-state index >= 15 is 0 Å². The number of rotatable bonds is 3. The SMILES string of the molecule is CCc1ccc(SP(=O)(Cl)Cl)cc1. The summed E-state index contributed by atoms with van der Waals surface area (Å²) in [5.41, 5.74) is 1.24. The summed E-state index contributed by atoms with van der Waals surface area (Å²) in [5, 5.41) is -3.05. The number of benzene rings is 1. The maximum atomic E-state index is 11.0. The topological polar surface area (TPSA) is 17.1 Å². The Hall–Kier alpha value is 0.380. The molecule has 0 bridgehead atoms. The molecule has 72 valence electrons. The number of halogens is 2. The monoisotopic (exact) mass is 254 g/mol. The molecule has 1 rings (SSSR count). The van der Waals surface area contributed by atoms with E-state index in [0.717, 1.165) is 22.7 Å². The molecular formula is C8H9Cl2OPS. The number of aryl methyl sites for hydroxylation is 1. The Bertz CT molecular complexity index is 319. The van der Waals surface area contributed by atoms with E-state index in [1.165, 1.54) is 5.56 Å². The van der Waals surface area contributed by atoms with Crippen LogP contribution in [-0.2, 0) is 11.0 Å². The molecule has 1 aromatic rings. The molecule has 0 amide bonds. The minimum Gasteiger partial charge on any atom is -0.277 e. The molecule has 0 saturated carbocycles. The van der Waals surface area contributed by atoms with Crippen LogP contribution in [-0.4, -0.2) is 0 Å². The predicted octanol–water partition coefficient (Wildman–Crippen LogP) is 4.93. The lowest BCUT2D eigenvalue weighted by Gasteiger charge is -2.02. The molecule has 0 N–H and O–H groups in total. The fourth-order valence-corrected chi connectivity index (χ4v) is 3.95. The molecular weight excluding hydrogens is 246 g/mol. The molecule has 0 heterocycles. The maximum absolute atomic E-state index is 11.0. The van der Waals surface area contributed by atoms with Crippen molar-refractivity contribution in [2.45, 2.75) is 18.2 Å². The summed E-state index contributed by atoms with van der Waals surface area (Å²) < 4.78 is 11.0. The van der Waals surface area contributed by atoms with E-state index in [0.29, 0.717) is 0 Å². The van der Waals surface area contributed by atoms with Gasteiger partial charge in [0.15, 0.2) is 0 Å². The Kier molecular flexibility index (Phi) is 4.18. The van der Waals surface area contributed by atoms with Crippen molar-refractivity contribution in [3.05, 3.63) is 29.8 Å². The Balaban J connectivity index is 2.76. The molecule has 0 atom stereocenters. The Labute approximate surface area is 91.5 Å². The lowest BCUT2D eigenvalue weighted by atomic mass is 10.2. The van der Waals surface area contributed by atoms with Gasteiger partial charge < -0.3 is 0 Å². The van der Waals surface area contributed by atoms with Crippen molar-refractivity contribution < 1.29 is 4.57 Å². The average molecular weight is 255 g/mol. The molecule has 0 saturated heterocycles. The molecule has 0 aliphatic carbocycles. The average Bonchev–Trinajstić information content (AvgIpc) is 2.03. The highest BCUT2D eigenvalue weighted by Crippen LogP contribution is 2.70. The molecule has 0 aliphatic rings. The predicted molar refractivity (Wildman–Crippen MR) is 61.0 cm³/mol. The smallest absolute Gasteiger partial charge is 0.277 e. The quantitative estimate of drug-likeness (QED) is 0.712. The lowest BCUT2D eigenvalue weighted by Crippen LogP contribution is -1.77. The van der Waals surface area contributed by atoms with Gasteiger partial charge in [-0.3, -0.25) is 4.57 Å². The Morgan fingerprint density at radius 2 is 1.85 bits per heavy atom. The fourth-order valence-electron chi connectivity index (χ4n) is 0.909. The molecule has 5 heteroatoms. The third-order valence-electron chi connectivity index (χ3n) is 1.54. The summed E-state index contributed by atoms with van der Waals surface area (Å²) in [6, 6.07) is 7.71. The van der Waals surface area contributed by atoms with Gasteiger partial charge in [-0.1, -0.05) is 19.1 Å². The van der Waals surface area contributed by atoms with Crippen molar-refractivity contribution in [1.29, 1.82) is 0 Å². The van der Waals surface area contributed by atoms with Crippen molar-refractivity contribution in [3.8, 4) is 0 Å². The van der Waals surface area contributed by atoms with E-state index in [2.05, 4.69) is 6.92 Å². The third-order valence-corrected chi connectivity index (χ3v) is 4.75. The molecule has 0 unspecified atom stereocenters. The summed E-state index contributed by atoms with van der Waals surface area (Å²) >= 11 is 11.9. The minimum atomic E-state index is -3.05. The minimum absolute atomic E-state index is 0.838. The van der Waals surface area contributed by atoms with Gasteiger partial charge in [-0.2, -0.15) is 0 Å². The van der Waals surface area contributed by atoms with Crippen LogP contribution in [0.4, 0.5) is 0 Å². The van der Waals surface area contributed by atoms with Crippen LogP contribution in [0.15, 0.2) is 29.2 Å². The van der Waals surface area contributed by atoms with Gasteiger partial charge in [-0.05, 0) is 58.0 Å². The fraction of sp³-hybridized carbons (Fsp3) is 0.250. The Morgan fingerprint density at radius 3 is 2.23 bits per heavy atom. The molecule has 0 fully saturated rings. The van der Waals surface area contributed by atoms with Gasteiger partial charge in [-0.15, -0.1) is 0 Å². The summed E-state index contributed by atoms with van der Waals surface area (Å²) in [7, 11) is 0. The summed E-state index contributed by atoms with van der Waals surface area (Å²) in [5.74, 6) is 0. The first kappa shape index (κ1) is 11.5.